The number of hydrogen-bond donors (Lipinski definition) is 0. The first kappa shape index (κ1) is 10.9. The van der Waals surface area contributed by atoms with Gasteiger partial charge >= 0.3 is 0 Å². The summed E-state index contributed by atoms with van der Waals surface area (Å²) in [6.07, 6.45) is 0.935. The van der Waals surface area contributed by atoms with Crippen molar-refractivity contribution >= 4 is 28.2 Å². The molecule has 0 amide bonds. The lowest BCUT2D eigenvalue weighted by molar-refractivity contribution is -0.384. The summed E-state index contributed by atoms with van der Waals surface area (Å²) in [7, 11) is 0. The summed E-state index contributed by atoms with van der Waals surface area (Å²) in [5.74, 6) is 0. The van der Waals surface area contributed by atoms with Gasteiger partial charge in [0.25, 0.3) is 5.69 Å². The zero-order valence-corrected chi connectivity index (χ0v) is 9.44. The number of fused-ring (bicyclic) bond motifs is 1. The molecule has 1 aromatic heterocycles. The highest BCUT2D eigenvalue weighted by Crippen LogP contribution is 2.27. The van der Waals surface area contributed by atoms with Gasteiger partial charge in [0, 0.05) is 24.1 Å². The number of halogens is 1. The van der Waals surface area contributed by atoms with Crippen LogP contribution < -0.4 is 0 Å². The monoisotopic (exact) mass is 239 g/mol. The lowest BCUT2D eigenvalue weighted by Gasteiger charge is -1.99. The van der Waals surface area contributed by atoms with Crippen molar-refractivity contribution in [2.75, 3.05) is 0 Å². The fourth-order valence-electron chi connectivity index (χ4n) is 1.62. The topological polar surface area (TPSA) is 61.0 Å². The minimum Gasteiger partial charge on any atom is -0.263 e. The van der Waals surface area contributed by atoms with Gasteiger partial charge in [0.1, 0.15) is 0 Å². The minimum absolute atomic E-state index is 0.0328. The first-order valence-corrected chi connectivity index (χ1v) is 5.31. The zero-order chi connectivity index (χ0) is 11.7. The summed E-state index contributed by atoms with van der Waals surface area (Å²) in [5, 5.41) is 15.7. The van der Waals surface area contributed by atoms with Crippen molar-refractivity contribution in [3.8, 4) is 0 Å². The van der Waals surface area contributed by atoms with E-state index in [0.29, 0.717) is 10.5 Å². The van der Waals surface area contributed by atoms with Gasteiger partial charge in [0.05, 0.1) is 10.4 Å². The second-order valence-corrected chi connectivity index (χ2v) is 3.83. The number of nitrogens with zero attached hydrogens (tertiary/aromatic N) is 3. The summed E-state index contributed by atoms with van der Waals surface area (Å²) in [5.41, 5.74) is 0.864. The Morgan fingerprint density at radius 3 is 2.94 bits per heavy atom. The normalized spacial score (nSPS) is 10.9. The highest BCUT2D eigenvalue weighted by molar-refractivity contribution is 6.34. The second kappa shape index (κ2) is 4.09. The third-order valence-corrected chi connectivity index (χ3v) is 2.61. The number of hydrogen-bond acceptors (Lipinski definition) is 3. The maximum atomic E-state index is 10.6. The van der Waals surface area contributed by atoms with Gasteiger partial charge in [-0.2, -0.15) is 5.10 Å². The fourth-order valence-corrected chi connectivity index (χ4v) is 1.87. The Bertz CT molecular complexity index is 550. The van der Waals surface area contributed by atoms with Crippen LogP contribution >= 0.6 is 11.6 Å². The average Bonchev–Trinajstić information content (AvgIpc) is 2.56. The molecule has 0 fully saturated rings. The van der Waals surface area contributed by atoms with E-state index in [2.05, 4.69) is 5.10 Å². The number of aryl methyl sites for hydroxylation is 1. The zero-order valence-electron chi connectivity index (χ0n) is 8.68. The van der Waals surface area contributed by atoms with Crippen molar-refractivity contribution in [3.63, 3.8) is 0 Å². The summed E-state index contributed by atoms with van der Waals surface area (Å²) in [6, 6.07) is 4.60. The molecular weight excluding hydrogens is 230 g/mol. The van der Waals surface area contributed by atoms with E-state index in [4.69, 9.17) is 11.6 Å². The van der Waals surface area contributed by atoms with Crippen LogP contribution in [0.15, 0.2) is 18.2 Å². The minimum atomic E-state index is -0.438. The molecule has 0 N–H and O–H groups in total. The molecule has 2 aromatic rings. The van der Waals surface area contributed by atoms with E-state index in [1.54, 1.807) is 10.7 Å². The van der Waals surface area contributed by atoms with Crippen LogP contribution in [0.2, 0.25) is 5.15 Å². The van der Waals surface area contributed by atoms with E-state index in [9.17, 15) is 10.1 Å². The van der Waals surface area contributed by atoms with Crippen molar-refractivity contribution in [1.82, 2.24) is 9.78 Å². The molecule has 16 heavy (non-hydrogen) atoms. The molecule has 84 valence electrons. The Morgan fingerprint density at radius 1 is 1.56 bits per heavy atom. The summed E-state index contributed by atoms with van der Waals surface area (Å²) in [6.45, 7) is 2.79. The Labute approximate surface area is 96.8 Å². The summed E-state index contributed by atoms with van der Waals surface area (Å²) >= 11 is 5.94. The molecule has 0 aliphatic rings. The van der Waals surface area contributed by atoms with Crippen LogP contribution in [-0.4, -0.2) is 14.7 Å². The number of nitro groups is 1. The molecule has 1 heterocycles. The van der Waals surface area contributed by atoms with Crippen LogP contribution in [0, 0.1) is 10.1 Å². The smallest absolute Gasteiger partial charge is 0.263 e. The molecular formula is C10H10ClN3O2. The molecule has 0 radical (unpaired) electrons. The van der Waals surface area contributed by atoms with E-state index in [1.807, 2.05) is 6.92 Å². The molecule has 0 atom stereocenters. The average molecular weight is 240 g/mol. The lowest BCUT2D eigenvalue weighted by Crippen LogP contribution is -1.98. The SMILES string of the molecule is CCCn1nc(Cl)c2cc([N+](=O)[O-])ccc21. The van der Waals surface area contributed by atoms with Crippen LogP contribution in [-0.2, 0) is 6.54 Å². The maximum absolute atomic E-state index is 10.6. The third-order valence-electron chi connectivity index (χ3n) is 2.34. The molecule has 0 bridgehead atoms. The van der Waals surface area contributed by atoms with Gasteiger partial charge in [0.15, 0.2) is 5.15 Å². The molecule has 0 saturated heterocycles. The lowest BCUT2D eigenvalue weighted by atomic mass is 10.2. The van der Waals surface area contributed by atoms with Gasteiger partial charge in [-0.15, -0.1) is 0 Å². The third kappa shape index (κ3) is 1.74. The fraction of sp³-hybridized carbons (Fsp3) is 0.300. The predicted octanol–water partition coefficient (Wildman–Crippen LogP) is 3.01. The van der Waals surface area contributed by atoms with Crippen molar-refractivity contribution in [2.45, 2.75) is 19.9 Å². The number of benzene rings is 1. The maximum Gasteiger partial charge on any atom is 0.270 e. The first-order valence-electron chi connectivity index (χ1n) is 4.94. The largest absolute Gasteiger partial charge is 0.270 e. The first-order chi connectivity index (χ1) is 7.63. The van der Waals surface area contributed by atoms with Crippen LogP contribution in [0.5, 0.6) is 0 Å². The highest BCUT2D eigenvalue weighted by atomic mass is 35.5. The van der Waals surface area contributed by atoms with Gasteiger partial charge in [-0.1, -0.05) is 18.5 Å². The number of rotatable bonds is 3. The van der Waals surface area contributed by atoms with Crippen molar-refractivity contribution < 1.29 is 4.92 Å². The molecule has 0 aliphatic carbocycles. The Morgan fingerprint density at radius 2 is 2.31 bits per heavy atom. The molecule has 0 saturated carbocycles. The van der Waals surface area contributed by atoms with Crippen molar-refractivity contribution in [1.29, 1.82) is 0 Å². The quantitative estimate of drug-likeness (QED) is 0.611. The molecule has 6 heteroatoms. The number of non-ortho nitro benzene ring substituents is 1. The number of aromatic nitrogens is 2. The highest BCUT2D eigenvalue weighted by Gasteiger charge is 2.13. The molecule has 0 unspecified atom stereocenters. The summed E-state index contributed by atoms with van der Waals surface area (Å²) < 4.78 is 1.77. The summed E-state index contributed by atoms with van der Waals surface area (Å²) in [4.78, 5) is 10.2. The van der Waals surface area contributed by atoms with Gasteiger partial charge in [-0.05, 0) is 12.5 Å². The van der Waals surface area contributed by atoms with Gasteiger partial charge < -0.3 is 0 Å². The van der Waals surface area contributed by atoms with Crippen molar-refractivity contribution in [2.24, 2.45) is 0 Å². The second-order valence-electron chi connectivity index (χ2n) is 3.47. The molecule has 2 rings (SSSR count). The molecule has 0 spiro atoms. The van der Waals surface area contributed by atoms with E-state index >= 15 is 0 Å². The Balaban J connectivity index is 2.61. The standard InChI is InChI=1S/C10H10ClN3O2/c1-2-5-13-9-4-3-7(14(15)16)6-8(9)10(11)12-13/h3-4,6H,2,5H2,1H3. The van der Waals surface area contributed by atoms with Crippen molar-refractivity contribution in [3.05, 3.63) is 33.5 Å². The van der Waals surface area contributed by atoms with Gasteiger partial charge in [-0.3, -0.25) is 14.8 Å². The van der Waals surface area contributed by atoms with Crippen LogP contribution in [0.1, 0.15) is 13.3 Å². The van der Waals surface area contributed by atoms with Crippen LogP contribution in [0.3, 0.4) is 0 Å². The van der Waals surface area contributed by atoms with Gasteiger partial charge in [0.2, 0.25) is 0 Å². The van der Waals surface area contributed by atoms with E-state index in [-0.39, 0.29) is 5.69 Å². The van der Waals surface area contributed by atoms with E-state index in [1.165, 1.54) is 12.1 Å². The van der Waals surface area contributed by atoms with E-state index < -0.39 is 4.92 Å². The molecule has 0 aliphatic heterocycles. The Kier molecular flexibility index (Phi) is 2.78. The molecule has 1 aromatic carbocycles. The number of nitro benzene ring substituents is 1. The van der Waals surface area contributed by atoms with Gasteiger partial charge in [-0.25, -0.2) is 0 Å². The van der Waals surface area contributed by atoms with Crippen LogP contribution in [0.25, 0.3) is 10.9 Å². The molecule has 5 nitrogen and oxygen atoms in total. The predicted molar refractivity (Wildman–Crippen MR) is 61.7 cm³/mol. The van der Waals surface area contributed by atoms with E-state index in [0.717, 1.165) is 18.5 Å². The van der Waals surface area contributed by atoms with Crippen LogP contribution in [0.4, 0.5) is 5.69 Å². The Hall–Kier alpha value is -1.62.